The van der Waals surface area contributed by atoms with E-state index in [9.17, 15) is 4.39 Å². The van der Waals surface area contributed by atoms with Crippen LogP contribution in [0.5, 0.6) is 0 Å². The van der Waals surface area contributed by atoms with E-state index in [-0.39, 0.29) is 6.67 Å². The zero-order chi connectivity index (χ0) is 7.68. The normalized spacial score (nSPS) is 42.8. The van der Waals surface area contributed by atoms with E-state index in [1.54, 1.807) is 0 Å². The largest absolute Gasteiger partial charge is 0.311 e. The molecule has 0 radical (unpaired) electrons. The lowest BCUT2D eigenvalue weighted by molar-refractivity contribution is 0.264. The summed E-state index contributed by atoms with van der Waals surface area (Å²) in [6, 6.07) is 1.45. The molecule has 0 aromatic rings. The van der Waals surface area contributed by atoms with Gasteiger partial charge in [-0.3, -0.25) is 4.39 Å². The Hall–Kier alpha value is -0.110. The monoisotopic (exact) mass is 157 g/mol. The van der Waals surface area contributed by atoms with Crippen molar-refractivity contribution in [3.05, 3.63) is 0 Å². The van der Waals surface area contributed by atoms with Crippen molar-refractivity contribution in [1.82, 2.24) is 5.32 Å². The van der Waals surface area contributed by atoms with E-state index in [0.29, 0.717) is 5.92 Å². The first-order chi connectivity index (χ1) is 5.38. The summed E-state index contributed by atoms with van der Waals surface area (Å²) in [6.45, 7) is -0.121. The molecule has 2 aliphatic rings. The molecule has 1 N–H and O–H groups in total. The van der Waals surface area contributed by atoms with Gasteiger partial charge in [0.25, 0.3) is 0 Å². The maximum Gasteiger partial charge on any atom is 0.0897 e. The Morgan fingerprint density at radius 1 is 1.18 bits per heavy atom. The fraction of sp³-hybridized carbons (Fsp3) is 1.00. The van der Waals surface area contributed by atoms with Gasteiger partial charge in [-0.25, -0.2) is 0 Å². The van der Waals surface area contributed by atoms with Gasteiger partial charge >= 0.3 is 0 Å². The number of alkyl halides is 1. The van der Waals surface area contributed by atoms with Crippen LogP contribution in [0.25, 0.3) is 0 Å². The van der Waals surface area contributed by atoms with E-state index in [0.717, 1.165) is 18.5 Å². The minimum atomic E-state index is -0.121. The molecule has 0 amide bonds. The minimum Gasteiger partial charge on any atom is -0.311 e. The van der Waals surface area contributed by atoms with E-state index in [1.807, 2.05) is 0 Å². The maximum absolute atomic E-state index is 12.0. The van der Waals surface area contributed by atoms with Crippen molar-refractivity contribution in [2.24, 2.45) is 5.92 Å². The molecular formula is C9H16FN. The molecule has 2 bridgehead atoms. The third-order valence-electron chi connectivity index (χ3n) is 3.09. The summed E-state index contributed by atoms with van der Waals surface area (Å²) in [4.78, 5) is 0. The molecule has 0 aromatic carbocycles. The molecule has 2 atom stereocenters. The molecule has 2 rings (SSSR count). The van der Waals surface area contributed by atoms with Crippen molar-refractivity contribution in [3.8, 4) is 0 Å². The lowest BCUT2D eigenvalue weighted by atomic mass is 9.90. The quantitative estimate of drug-likeness (QED) is 0.645. The lowest BCUT2D eigenvalue weighted by Crippen LogP contribution is -2.38. The smallest absolute Gasteiger partial charge is 0.0897 e. The van der Waals surface area contributed by atoms with Gasteiger partial charge in [0.15, 0.2) is 0 Å². The molecule has 0 aromatic heterocycles. The Balaban J connectivity index is 1.87. The van der Waals surface area contributed by atoms with Gasteiger partial charge in [-0.2, -0.15) is 0 Å². The van der Waals surface area contributed by atoms with Crippen molar-refractivity contribution < 1.29 is 4.39 Å². The highest BCUT2D eigenvalue weighted by Crippen LogP contribution is 2.32. The summed E-state index contributed by atoms with van der Waals surface area (Å²) in [5.41, 5.74) is 0. The standard InChI is InChI=1S/C9H16FN/c10-4-3-7-5-8-1-2-9(6-7)11-8/h7-9,11H,1-6H2. The summed E-state index contributed by atoms with van der Waals surface area (Å²) in [5.74, 6) is 0.679. The van der Waals surface area contributed by atoms with Crippen molar-refractivity contribution in [2.75, 3.05) is 6.67 Å². The Morgan fingerprint density at radius 2 is 1.82 bits per heavy atom. The van der Waals surface area contributed by atoms with E-state index in [2.05, 4.69) is 5.32 Å². The van der Waals surface area contributed by atoms with Crippen LogP contribution in [0.4, 0.5) is 4.39 Å². The van der Waals surface area contributed by atoms with Crippen LogP contribution < -0.4 is 5.32 Å². The third-order valence-corrected chi connectivity index (χ3v) is 3.09. The molecule has 0 spiro atoms. The van der Waals surface area contributed by atoms with Crippen molar-refractivity contribution >= 4 is 0 Å². The molecule has 64 valence electrons. The topological polar surface area (TPSA) is 12.0 Å². The van der Waals surface area contributed by atoms with E-state index < -0.39 is 0 Å². The van der Waals surface area contributed by atoms with Gasteiger partial charge in [-0.1, -0.05) is 0 Å². The Labute approximate surface area is 67.4 Å². The highest BCUT2D eigenvalue weighted by molar-refractivity contribution is 4.91. The Morgan fingerprint density at radius 3 is 2.36 bits per heavy atom. The van der Waals surface area contributed by atoms with Crippen molar-refractivity contribution in [1.29, 1.82) is 0 Å². The van der Waals surface area contributed by atoms with Gasteiger partial charge in [-0.15, -0.1) is 0 Å². The molecule has 2 aliphatic heterocycles. The Bertz CT molecular complexity index is 126. The van der Waals surface area contributed by atoms with Crippen LogP contribution in [-0.4, -0.2) is 18.8 Å². The SMILES string of the molecule is FCCC1CC2CCC(C1)N2. The number of hydrogen-bond acceptors (Lipinski definition) is 1. The molecular weight excluding hydrogens is 141 g/mol. The molecule has 2 unspecified atom stereocenters. The highest BCUT2D eigenvalue weighted by Gasteiger charge is 2.32. The lowest BCUT2D eigenvalue weighted by Gasteiger charge is -2.28. The maximum atomic E-state index is 12.0. The second-order valence-corrected chi connectivity index (χ2v) is 3.95. The number of piperidine rings is 1. The molecule has 11 heavy (non-hydrogen) atoms. The number of rotatable bonds is 2. The zero-order valence-corrected chi connectivity index (χ0v) is 6.85. The summed E-state index contributed by atoms with van der Waals surface area (Å²) in [6.07, 6.45) is 5.90. The van der Waals surface area contributed by atoms with Crippen molar-refractivity contribution in [3.63, 3.8) is 0 Å². The van der Waals surface area contributed by atoms with Crippen LogP contribution in [-0.2, 0) is 0 Å². The zero-order valence-electron chi connectivity index (χ0n) is 6.85. The first-order valence-corrected chi connectivity index (χ1v) is 4.70. The van der Waals surface area contributed by atoms with Gasteiger partial charge in [0, 0.05) is 12.1 Å². The van der Waals surface area contributed by atoms with Crippen LogP contribution in [0.3, 0.4) is 0 Å². The summed E-state index contributed by atoms with van der Waals surface area (Å²) < 4.78 is 12.0. The van der Waals surface area contributed by atoms with Gasteiger partial charge in [0.1, 0.15) is 0 Å². The van der Waals surface area contributed by atoms with E-state index >= 15 is 0 Å². The van der Waals surface area contributed by atoms with Crippen LogP contribution in [0.1, 0.15) is 32.1 Å². The average Bonchev–Trinajstić information content (AvgIpc) is 2.32. The molecule has 2 fully saturated rings. The molecule has 2 heterocycles. The molecule has 0 aliphatic carbocycles. The van der Waals surface area contributed by atoms with Gasteiger partial charge in [0.2, 0.25) is 0 Å². The fourth-order valence-electron chi connectivity index (χ4n) is 2.57. The highest BCUT2D eigenvalue weighted by atomic mass is 19.1. The second kappa shape index (κ2) is 3.10. The second-order valence-electron chi connectivity index (χ2n) is 3.95. The van der Waals surface area contributed by atoms with Crippen LogP contribution in [0, 0.1) is 5.92 Å². The average molecular weight is 157 g/mol. The van der Waals surface area contributed by atoms with Crippen LogP contribution in [0.2, 0.25) is 0 Å². The molecule has 2 heteroatoms. The summed E-state index contributed by atoms with van der Waals surface area (Å²) in [5, 5.41) is 3.56. The predicted molar refractivity (Wildman–Crippen MR) is 43.3 cm³/mol. The molecule has 2 saturated heterocycles. The molecule has 0 saturated carbocycles. The number of fused-ring (bicyclic) bond motifs is 2. The Kier molecular flexibility index (Phi) is 2.12. The predicted octanol–water partition coefficient (Wildman–Crippen LogP) is 1.88. The summed E-state index contributed by atoms with van der Waals surface area (Å²) in [7, 11) is 0. The summed E-state index contributed by atoms with van der Waals surface area (Å²) >= 11 is 0. The molecule has 1 nitrogen and oxygen atoms in total. The third kappa shape index (κ3) is 1.56. The van der Waals surface area contributed by atoms with Crippen LogP contribution >= 0.6 is 0 Å². The minimum absolute atomic E-state index is 0.121. The van der Waals surface area contributed by atoms with Gasteiger partial charge in [0.05, 0.1) is 6.67 Å². The number of hydrogen-bond donors (Lipinski definition) is 1. The van der Waals surface area contributed by atoms with Gasteiger partial charge in [-0.05, 0) is 38.0 Å². The van der Waals surface area contributed by atoms with E-state index in [1.165, 1.54) is 25.7 Å². The number of halogens is 1. The van der Waals surface area contributed by atoms with Gasteiger partial charge < -0.3 is 5.32 Å². The fourth-order valence-corrected chi connectivity index (χ4v) is 2.57. The number of nitrogens with one attached hydrogen (secondary N) is 1. The first-order valence-electron chi connectivity index (χ1n) is 4.70. The van der Waals surface area contributed by atoms with E-state index in [4.69, 9.17) is 0 Å². The van der Waals surface area contributed by atoms with Crippen molar-refractivity contribution in [2.45, 2.75) is 44.2 Å². The van der Waals surface area contributed by atoms with Crippen LogP contribution in [0.15, 0.2) is 0 Å². The first kappa shape index (κ1) is 7.53.